The second-order valence-corrected chi connectivity index (χ2v) is 4.46. The molecule has 4 nitrogen and oxygen atoms in total. The molecule has 1 aliphatic rings. The van der Waals surface area contributed by atoms with Crippen molar-refractivity contribution in [1.82, 2.24) is 10.4 Å². The molecule has 1 aromatic rings. The maximum Gasteiger partial charge on any atom is 0.259 e. The van der Waals surface area contributed by atoms with Crippen molar-refractivity contribution in [2.24, 2.45) is 0 Å². The Morgan fingerprint density at radius 2 is 1.87 bits per heavy atom. The third-order valence-electron chi connectivity index (χ3n) is 2.80. The lowest BCUT2D eigenvalue weighted by molar-refractivity contribution is -0.113. The largest absolute Gasteiger partial charge is 0.322 e. The number of hydrazine groups is 1. The van der Waals surface area contributed by atoms with Gasteiger partial charge < -0.3 is 10.3 Å². The molecule has 0 spiro atoms. The first-order chi connectivity index (χ1) is 11.0. The normalized spacial score (nSPS) is 16.0. The van der Waals surface area contributed by atoms with Crippen LogP contribution >= 0.6 is 0 Å². The second kappa shape index (κ2) is 10.7. The van der Waals surface area contributed by atoms with E-state index in [0.717, 1.165) is 5.56 Å². The van der Waals surface area contributed by atoms with Crippen molar-refractivity contribution in [3.8, 4) is 0 Å². The van der Waals surface area contributed by atoms with Crippen LogP contribution in [0.4, 0.5) is 14.5 Å². The van der Waals surface area contributed by atoms with Gasteiger partial charge in [0.05, 0.1) is 5.57 Å². The lowest BCUT2D eigenvalue weighted by atomic mass is 10.1. The van der Waals surface area contributed by atoms with Crippen molar-refractivity contribution in [1.29, 1.82) is 0 Å². The summed E-state index contributed by atoms with van der Waals surface area (Å²) in [6, 6.07) is 5.91. The summed E-state index contributed by atoms with van der Waals surface area (Å²) < 4.78 is 25.6. The number of amides is 1. The minimum absolute atomic E-state index is 0.0269. The van der Waals surface area contributed by atoms with E-state index in [4.69, 9.17) is 0 Å². The summed E-state index contributed by atoms with van der Waals surface area (Å²) in [5, 5.41) is 3.99. The molecule has 1 atom stereocenters. The number of anilines is 1. The Hall–Kier alpha value is -1.95. The molecular formula is C17H27F2N3O. The summed E-state index contributed by atoms with van der Waals surface area (Å²) >= 11 is 0. The van der Waals surface area contributed by atoms with E-state index in [1.54, 1.807) is 25.2 Å². The molecule has 23 heavy (non-hydrogen) atoms. The Balaban J connectivity index is 0.00000112. The average molecular weight is 327 g/mol. The number of aryl methyl sites for hydroxylation is 1. The number of rotatable bonds is 3. The fourth-order valence-electron chi connectivity index (χ4n) is 1.93. The van der Waals surface area contributed by atoms with Gasteiger partial charge in [0.1, 0.15) is 6.04 Å². The average Bonchev–Trinajstić information content (AvgIpc) is 2.94. The Morgan fingerprint density at radius 1 is 1.26 bits per heavy atom. The van der Waals surface area contributed by atoms with Crippen LogP contribution in [-0.2, 0) is 4.79 Å². The van der Waals surface area contributed by atoms with Crippen molar-refractivity contribution in [3.63, 3.8) is 0 Å². The summed E-state index contributed by atoms with van der Waals surface area (Å²) in [6.45, 7) is 9.89. The first kappa shape index (κ1) is 21.0. The maximum atomic E-state index is 12.8. The standard InChI is InChI=1S/C13H15F2N3O.2C2H6/c1-8-4-3-5-9(6-8)16-13(19)10-7-18(2)17-11(10)12(14)15;2*1-2/h3-7,11-12,17H,1-2H3,(H,16,19);2*1-2H3. The van der Waals surface area contributed by atoms with Gasteiger partial charge in [0.15, 0.2) is 0 Å². The van der Waals surface area contributed by atoms with Gasteiger partial charge in [0.25, 0.3) is 12.3 Å². The van der Waals surface area contributed by atoms with Crippen molar-refractivity contribution < 1.29 is 13.6 Å². The zero-order chi connectivity index (χ0) is 18.0. The number of carbonyl (C=O) groups is 1. The zero-order valence-corrected chi connectivity index (χ0v) is 14.7. The third-order valence-corrected chi connectivity index (χ3v) is 2.80. The van der Waals surface area contributed by atoms with Crippen LogP contribution in [0.3, 0.4) is 0 Å². The summed E-state index contributed by atoms with van der Waals surface area (Å²) in [5.74, 6) is -0.521. The minimum atomic E-state index is -2.64. The molecule has 6 heteroatoms. The molecule has 1 unspecified atom stereocenters. The van der Waals surface area contributed by atoms with E-state index in [1.165, 1.54) is 11.2 Å². The number of nitrogens with zero attached hydrogens (tertiary/aromatic N) is 1. The van der Waals surface area contributed by atoms with Gasteiger partial charge in [-0.1, -0.05) is 39.8 Å². The van der Waals surface area contributed by atoms with Gasteiger partial charge in [0, 0.05) is 18.9 Å². The van der Waals surface area contributed by atoms with Gasteiger partial charge in [-0.3, -0.25) is 4.79 Å². The predicted octanol–water partition coefficient (Wildman–Crippen LogP) is 3.95. The second-order valence-electron chi connectivity index (χ2n) is 4.46. The van der Waals surface area contributed by atoms with E-state index in [9.17, 15) is 13.6 Å². The van der Waals surface area contributed by atoms with Crippen molar-refractivity contribution in [2.45, 2.75) is 47.1 Å². The van der Waals surface area contributed by atoms with E-state index in [-0.39, 0.29) is 5.57 Å². The van der Waals surface area contributed by atoms with Crippen LogP contribution < -0.4 is 10.7 Å². The molecule has 2 rings (SSSR count). The highest BCUT2D eigenvalue weighted by atomic mass is 19.3. The van der Waals surface area contributed by atoms with Crippen molar-refractivity contribution in [3.05, 3.63) is 41.6 Å². The lowest BCUT2D eigenvalue weighted by Gasteiger charge is -2.15. The summed E-state index contributed by atoms with van der Waals surface area (Å²) in [5.41, 5.74) is 4.11. The number of carbonyl (C=O) groups excluding carboxylic acids is 1. The topological polar surface area (TPSA) is 44.4 Å². The molecule has 0 aliphatic carbocycles. The molecule has 0 aromatic heterocycles. The van der Waals surface area contributed by atoms with Gasteiger partial charge in [-0.2, -0.15) is 0 Å². The molecule has 0 saturated carbocycles. The number of nitrogens with one attached hydrogen (secondary N) is 2. The van der Waals surface area contributed by atoms with Crippen LogP contribution in [0.25, 0.3) is 0 Å². The van der Waals surface area contributed by atoms with Gasteiger partial charge >= 0.3 is 0 Å². The Labute approximate surface area is 137 Å². The van der Waals surface area contributed by atoms with Gasteiger partial charge in [-0.25, -0.2) is 14.2 Å². The molecule has 0 radical (unpaired) electrons. The van der Waals surface area contributed by atoms with Gasteiger partial charge in [0.2, 0.25) is 0 Å². The van der Waals surface area contributed by atoms with E-state index >= 15 is 0 Å². The summed E-state index contributed by atoms with van der Waals surface area (Å²) in [6.07, 6.45) is -1.26. The Kier molecular flexibility index (Phi) is 9.81. The number of halogens is 2. The fourth-order valence-corrected chi connectivity index (χ4v) is 1.93. The van der Waals surface area contributed by atoms with Crippen LogP contribution in [0, 0.1) is 6.92 Å². The van der Waals surface area contributed by atoms with Gasteiger partial charge in [-0.15, -0.1) is 0 Å². The zero-order valence-electron chi connectivity index (χ0n) is 14.7. The van der Waals surface area contributed by atoms with E-state index in [0.29, 0.717) is 5.69 Å². The first-order valence-corrected chi connectivity index (χ1v) is 7.84. The quantitative estimate of drug-likeness (QED) is 0.883. The molecule has 0 bridgehead atoms. The van der Waals surface area contributed by atoms with Crippen LogP contribution in [0.5, 0.6) is 0 Å². The highest BCUT2D eigenvalue weighted by Gasteiger charge is 2.34. The molecule has 2 N–H and O–H groups in total. The van der Waals surface area contributed by atoms with Crippen LogP contribution in [0.15, 0.2) is 36.0 Å². The highest BCUT2D eigenvalue weighted by Crippen LogP contribution is 2.20. The molecule has 0 saturated heterocycles. The minimum Gasteiger partial charge on any atom is -0.322 e. The Bertz CT molecular complexity index is 518. The van der Waals surface area contributed by atoms with Crippen LogP contribution in [-0.4, -0.2) is 30.4 Å². The maximum absolute atomic E-state index is 12.8. The van der Waals surface area contributed by atoms with Crippen molar-refractivity contribution in [2.75, 3.05) is 12.4 Å². The monoisotopic (exact) mass is 327 g/mol. The van der Waals surface area contributed by atoms with E-state index in [2.05, 4.69) is 10.7 Å². The van der Waals surface area contributed by atoms with Crippen LogP contribution in [0.2, 0.25) is 0 Å². The molecule has 1 amide bonds. The lowest BCUT2D eigenvalue weighted by Crippen LogP contribution is -2.40. The number of benzene rings is 1. The molecule has 0 fully saturated rings. The summed E-state index contributed by atoms with van der Waals surface area (Å²) in [7, 11) is 1.57. The third kappa shape index (κ3) is 6.36. The molecule has 1 heterocycles. The van der Waals surface area contributed by atoms with E-state index < -0.39 is 18.4 Å². The summed E-state index contributed by atoms with van der Waals surface area (Å²) in [4.78, 5) is 12.0. The molecule has 1 aliphatic heterocycles. The molecule has 1 aromatic carbocycles. The van der Waals surface area contributed by atoms with E-state index in [1.807, 2.05) is 40.7 Å². The SMILES string of the molecule is CC.CC.Cc1cccc(NC(=O)C2=CN(C)NC2C(F)F)c1. The number of alkyl halides is 2. The Morgan fingerprint density at radius 3 is 2.39 bits per heavy atom. The van der Waals surface area contributed by atoms with Crippen molar-refractivity contribution >= 4 is 11.6 Å². The van der Waals surface area contributed by atoms with Gasteiger partial charge in [-0.05, 0) is 24.6 Å². The smallest absolute Gasteiger partial charge is 0.259 e. The molecular weight excluding hydrogens is 300 g/mol. The fraction of sp³-hybridized carbons (Fsp3) is 0.471. The molecule has 130 valence electrons. The number of hydrogen-bond acceptors (Lipinski definition) is 3. The first-order valence-electron chi connectivity index (χ1n) is 7.84. The van der Waals surface area contributed by atoms with Crippen LogP contribution in [0.1, 0.15) is 33.3 Å². The predicted molar refractivity (Wildman–Crippen MR) is 91.3 cm³/mol. The number of hydrogen-bond donors (Lipinski definition) is 2. The highest BCUT2D eigenvalue weighted by molar-refractivity contribution is 6.04.